The Morgan fingerprint density at radius 2 is 2.16 bits per heavy atom. The first kappa shape index (κ1) is 14.1. The van der Waals surface area contributed by atoms with Gasteiger partial charge in [0, 0.05) is 18.8 Å². The first-order valence-electron chi connectivity index (χ1n) is 6.33. The minimum Gasteiger partial charge on any atom is -0.308 e. The molecule has 2 amide bonds. The van der Waals surface area contributed by atoms with E-state index in [0.29, 0.717) is 6.54 Å². The molecule has 2 fully saturated rings. The summed E-state index contributed by atoms with van der Waals surface area (Å²) < 4.78 is 0. The summed E-state index contributed by atoms with van der Waals surface area (Å²) in [6.07, 6.45) is 3.34. The van der Waals surface area contributed by atoms with Crippen molar-refractivity contribution >= 4 is 35.4 Å². The summed E-state index contributed by atoms with van der Waals surface area (Å²) in [5, 5.41) is 2.81. The smallest absolute Gasteiger partial charge is 0.247 e. The Hall–Kier alpha value is -1.34. The molecule has 7 heteroatoms. The normalized spacial score (nSPS) is 24.5. The molecule has 0 aromatic heterocycles. The molecule has 0 aromatic carbocycles. The van der Waals surface area contributed by atoms with Crippen LogP contribution in [0.2, 0.25) is 0 Å². The number of carbonyl (C=O) groups excluding carboxylic acids is 2. The fourth-order valence-electron chi connectivity index (χ4n) is 1.85. The zero-order chi connectivity index (χ0) is 14.0. The lowest BCUT2D eigenvalue weighted by molar-refractivity contribution is -0.138. The van der Waals surface area contributed by atoms with E-state index in [-0.39, 0.29) is 23.0 Å². The Labute approximate surface area is 117 Å². The zero-order valence-electron chi connectivity index (χ0n) is 11.1. The van der Waals surface area contributed by atoms with E-state index in [1.165, 1.54) is 11.1 Å². The van der Waals surface area contributed by atoms with Crippen LogP contribution in [0.15, 0.2) is 4.99 Å². The molecule has 2 aliphatic rings. The number of nitrogens with one attached hydrogen (secondary N) is 1. The van der Waals surface area contributed by atoms with Crippen molar-refractivity contribution in [3.63, 3.8) is 0 Å². The first-order valence-corrected chi connectivity index (χ1v) is 6.74. The zero-order valence-corrected chi connectivity index (χ0v) is 11.9. The van der Waals surface area contributed by atoms with Crippen molar-refractivity contribution < 1.29 is 9.59 Å². The lowest BCUT2D eigenvalue weighted by Gasteiger charge is -2.30. The molecule has 104 valence electrons. The third-order valence-corrected chi connectivity index (χ3v) is 3.38. The highest BCUT2D eigenvalue weighted by Gasteiger charge is 2.44. The van der Waals surface area contributed by atoms with Crippen LogP contribution in [0.5, 0.6) is 0 Å². The Balaban J connectivity index is 2.00. The topological polar surface area (TPSA) is 65.0 Å². The number of nitrogens with zero attached hydrogens (tertiary/aromatic N) is 3. The Bertz CT molecular complexity index is 431. The molecule has 1 aliphatic carbocycles. The van der Waals surface area contributed by atoms with Crippen molar-refractivity contribution in [3.8, 4) is 0 Å². The van der Waals surface area contributed by atoms with Gasteiger partial charge in [-0.3, -0.25) is 19.5 Å². The fraction of sp³-hybridized carbons (Fsp3) is 0.667. The molecule has 0 spiro atoms. The van der Waals surface area contributed by atoms with E-state index < -0.39 is 5.92 Å². The Kier molecular flexibility index (Phi) is 4.26. The van der Waals surface area contributed by atoms with E-state index in [1.807, 2.05) is 19.0 Å². The molecule has 6 nitrogen and oxygen atoms in total. The van der Waals surface area contributed by atoms with Gasteiger partial charge in [0.05, 0.1) is 6.54 Å². The van der Waals surface area contributed by atoms with Gasteiger partial charge in [0.2, 0.25) is 11.8 Å². The molecule has 19 heavy (non-hydrogen) atoms. The van der Waals surface area contributed by atoms with Gasteiger partial charge in [-0.25, -0.2) is 0 Å². The predicted octanol–water partition coefficient (Wildman–Crippen LogP) is -0.359. The summed E-state index contributed by atoms with van der Waals surface area (Å²) in [5.74, 6) is -1.46. The minimum atomic E-state index is -0.838. The first-order chi connectivity index (χ1) is 9.00. The average Bonchev–Trinajstić information content (AvgIpc) is 3.11. The molecule has 1 unspecified atom stereocenters. The van der Waals surface area contributed by atoms with E-state index >= 15 is 0 Å². The number of likely N-dealkylation sites (N-methyl/N-ethyl adjacent to an activating group) is 1. The third-order valence-electron chi connectivity index (χ3n) is 3.08. The van der Waals surface area contributed by atoms with Gasteiger partial charge in [-0.15, -0.1) is 0 Å². The standard InChI is InChI=1S/C12H18N4O2S/c1-15(2)6-5-13-7-9-10(17)14-12(19)16(11(9)18)8-3-4-8/h7-9H,3-6H2,1-2H3,(H,14,17,19). The monoisotopic (exact) mass is 282 g/mol. The molecule has 1 atom stereocenters. The summed E-state index contributed by atoms with van der Waals surface area (Å²) in [7, 11) is 3.89. The van der Waals surface area contributed by atoms with Crippen molar-refractivity contribution in [2.45, 2.75) is 18.9 Å². The van der Waals surface area contributed by atoms with Crippen molar-refractivity contribution in [3.05, 3.63) is 0 Å². The lowest BCUT2D eigenvalue weighted by Crippen LogP contribution is -2.58. The maximum Gasteiger partial charge on any atom is 0.247 e. The van der Waals surface area contributed by atoms with Gasteiger partial charge < -0.3 is 10.2 Å². The van der Waals surface area contributed by atoms with Crippen LogP contribution in [0.3, 0.4) is 0 Å². The van der Waals surface area contributed by atoms with Crippen LogP contribution >= 0.6 is 12.2 Å². The molecule has 0 aromatic rings. The van der Waals surface area contributed by atoms with Gasteiger partial charge in [-0.2, -0.15) is 0 Å². The highest BCUT2D eigenvalue weighted by Crippen LogP contribution is 2.29. The molecular weight excluding hydrogens is 264 g/mol. The fourth-order valence-corrected chi connectivity index (χ4v) is 2.19. The molecule has 0 bridgehead atoms. The number of rotatable bonds is 5. The maximum absolute atomic E-state index is 12.2. The molecule has 1 heterocycles. The quantitative estimate of drug-likeness (QED) is 0.425. The van der Waals surface area contributed by atoms with Crippen LogP contribution in [0, 0.1) is 5.92 Å². The van der Waals surface area contributed by atoms with Crippen LogP contribution in [0.25, 0.3) is 0 Å². The second-order valence-electron chi connectivity index (χ2n) is 5.07. The van der Waals surface area contributed by atoms with Gasteiger partial charge in [0.25, 0.3) is 0 Å². The number of hydrogen-bond donors (Lipinski definition) is 1. The number of amides is 2. The number of aliphatic imine (C=N–C) groups is 1. The highest BCUT2D eigenvalue weighted by atomic mass is 32.1. The van der Waals surface area contributed by atoms with Crippen LogP contribution in [0.1, 0.15) is 12.8 Å². The van der Waals surface area contributed by atoms with Crippen molar-refractivity contribution in [1.29, 1.82) is 0 Å². The summed E-state index contributed by atoms with van der Waals surface area (Å²) in [5.41, 5.74) is 0. The van der Waals surface area contributed by atoms with Gasteiger partial charge in [0.1, 0.15) is 0 Å². The van der Waals surface area contributed by atoms with Crippen LogP contribution in [0.4, 0.5) is 0 Å². The summed E-state index contributed by atoms with van der Waals surface area (Å²) in [6, 6.07) is 0.165. The largest absolute Gasteiger partial charge is 0.308 e. The number of hydrogen-bond acceptors (Lipinski definition) is 5. The second-order valence-corrected chi connectivity index (χ2v) is 5.46. The highest BCUT2D eigenvalue weighted by molar-refractivity contribution is 7.80. The van der Waals surface area contributed by atoms with E-state index in [9.17, 15) is 9.59 Å². The Morgan fingerprint density at radius 3 is 2.74 bits per heavy atom. The van der Waals surface area contributed by atoms with E-state index in [4.69, 9.17) is 12.2 Å². The minimum absolute atomic E-state index is 0.165. The molecule has 0 radical (unpaired) electrons. The SMILES string of the molecule is CN(C)CCN=CC1C(=O)NC(=S)N(C2CC2)C1=O. The number of thiocarbonyl (C=S) groups is 1. The Morgan fingerprint density at radius 1 is 1.47 bits per heavy atom. The van der Waals surface area contributed by atoms with Crippen LogP contribution < -0.4 is 5.32 Å². The molecular formula is C12H18N4O2S. The van der Waals surface area contributed by atoms with E-state index in [2.05, 4.69) is 10.3 Å². The molecule has 2 rings (SSSR count). The average molecular weight is 282 g/mol. The van der Waals surface area contributed by atoms with Gasteiger partial charge >= 0.3 is 0 Å². The van der Waals surface area contributed by atoms with Gasteiger partial charge in [0.15, 0.2) is 11.0 Å². The maximum atomic E-state index is 12.2. The molecule has 1 aliphatic heterocycles. The van der Waals surface area contributed by atoms with Crippen LogP contribution in [-0.2, 0) is 9.59 Å². The second kappa shape index (κ2) is 5.75. The molecule has 1 saturated carbocycles. The molecule has 1 saturated heterocycles. The third kappa shape index (κ3) is 3.36. The van der Waals surface area contributed by atoms with Crippen molar-refractivity contribution in [2.75, 3.05) is 27.2 Å². The molecule has 1 N–H and O–H groups in total. The van der Waals surface area contributed by atoms with Gasteiger partial charge in [-0.05, 0) is 39.2 Å². The summed E-state index contributed by atoms with van der Waals surface area (Å²) in [4.78, 5) is 31.7. The van der Waals surface area contributed by atoms with E-state index in [1.54, 1.807) is 0 Å². The van der Waals surface area contributed by atoms with Crippen molar-refractivity contribution in [2.24, 2.45) is 10.9 Å². The lowest BCUT2D eigenvalue weighted by atomic mass is 10.1. The predicted molar refractivity (Wildman–Crippen MR) is 76.0 cm³/mol. The number of carbonyl (C=O) groups is 2. The van der Waals surface area contributed by atoms with E-state index in [0.717, 1.165) is 19.4 Å². The summed E-state index contributed by atoms with van der Waals surface area (Å²) in [6.45, 7) is 1.35. The summed E-state index contributed by atoms with van der Waals surface area (Å²) >= 11 is 5.04. The van der Waals surface area contributed by atoms with Crippen LogP contribution in [-0.4, -0.2) is 66.2 Å². The van der Waals surface area contributed by atoms with Gasteiger partial charge in [-0.1, -0.05) is 0 Å². The van der Waals surface area contributed by atoms with Crippen molar-refractivity contribution in [1.82, 2.24) is 15.1 Å².